The molecule has 0 saturated heterocycles. The van der Waals surface area contributed by atoms with E-state index in [1.807, 2.05) is 0 Å². The van der Waals surface area contributed by atoms with Crippen LogP contribution in [0.5, 0.6) is 11.5 Å². The van der Waals surface area contributed by atoms with Gasteiger partial charge in [-0.15, -0.1) is 0 Å². The van der Waals surface area contributed by atoms with Crippen LogP contribution in [0.2, 0.25) is 0 Å². The highest BCUT2D eigenvalue weighted by molar-refractivity contribution is 5.90. The van der Waals surface area contributed by atoms with E-state index in [9.17, 15) is 14.4 Å². The zero-order valence-corrected chi connectivity index (χ0v) is 18.8. The summed E-state index contributed by atoms with van der Waals surface area (Å²) in [5, 5.41) is 0.532. The van der Waals surface area contributed by atoms with Crippen molar-refractivity contribution >= 4 is 27.9 Å². The topological polar surface area (TPSA) is 114 Å². The Kier molecular flexibility index (Phi) is 6.65. The number of methoxy groups -OCH3 is 2. The van der Waals surface area contributed by atoms with Crippen molar-refractivity contribution in [2.24, 2.45) is 0 Å². The van der Waals surface area contributed by atoms with E-state index in [4.69, 9.17) is 23.0 Å². The summed E-state index contributed by atoms with van der Waals surface area (Å²) in [6, 6.07) is 12.4. The number of hydrogen-bond donors (Lipinski definition) is 0. The van der Waals surface area contributed by atoms with Crippen molar-refractivity contribution in [2.75, 3.05) is 27.4 Å². The van der Waals surface area contributed by atoms with E-state index in [0.717, 1.165) is 6.07 Å². The molecule has 2 heterocycles. The SMILES string of the molecule is COC(=O)c1cc(=O)c2c(OCC(COc3cccc4oc(C)cc(=O)c34)OC)cccc2o1. The molecule has 4 aromatic rings. The second-order valence-corrected chi connectivity index (χ2v) is 7.43. The van der Waals surface area contributed by atoms with Gasteiger partial charge in [0.05, 0.1) is 7.11 Å². The van der Waals surface area contributed by atoms with Crippen LogP contribution in [0.15, 0.2) is 67.0 Å². The van der Waals surface area contributed by atoms with Gasteiger partial charge in [0.25, 0.3) is 0 Å². The van der Waals surface area contributed by atoms with Crippen LogP contribution in [0.3, 0.4) is 0 Å². The Morgan fingerprint density at radius 1 is 0.853 bits per heavy atom. The van der Waals surface area contributed by atoms with Gasteiger partial charge in [-0.25, -0.2) is 4.79 Å². The minimum absolute atomic E-state index is 0.0479. The molecule has 9 nitrogen and oxygen atoms in total. The van der Waals surface area contributed by atoms with E-state index >= 15 is 0 Å². The summed E-state index contributed by atoms with van der Waals surface area (Å²) in [6.07, 6.45) is -0.524. The number of carbonyl (C=O) groups is 1. The molecule has 0 saturated carbocycles. The summed E-state index contributed by atoms with van der Waals surface area (Å²) in [5.41, 5.74) is -0.0245. The van der Waals surface area contributed by atoms with E-state index in [2.05, 4.69) is 4.74 Å². The number of hydrogen-bond acceptors (Lipinski definition) is 9. The molecule has 0 amide bonds. The molecule has 0 bridgehead atoms. The van der Waals surface area contributed by atoms with Crippen LogP contribution in [0.4, 0.5) is 0 Å². The Morgan fingerprint density at radius 3 is 1.97 bits per heavy atom. The van der Waals surface area contributed by atoms with Crippen LogP contribution in [0, 0.1) is 6.92 Å². The summed E-state index contributed by atoms with van der Waals surface area (Å²) < 4.78 is 32.8. The Morgan fingerprint density at radius 2 is 1.41 bits per heavy atom. The fourth-order valence-corrected chi connectivity index (χ4v) is 3.47. The minimum Gasteiger partial charge on any atom is -0.490 e. The average Bonchev–Trinajstić information content (AvgIpc) is 2.83. The molecule has 4 rings (SSSR count). The van der Waals surface area contributed by atoms with Crippen molar-refractivity contribution in [2.45, 2.75) is 13.0 Å². The summed E-state index contributed by atoms with van der Waals surface area (Å²) >= 11 is 0. The third-order valence-electron chi connectivity index (χ3n) is 5.13. The molecule has 1 unspecified atom stereocenters. The lowest BCUT2D eigenvalue weighted by atomic mass is 10.2. The van der Waals surface area contributed by atoms with Crippen molar-refractivity contribution in [3.05, 3.63) is 80.5 Å². The maximum absolute atomic E-state index is 12.6. The first-order valence-electron chi connectivity index (χ1n) is 10.4. The zero-order valence-electron chi connectivity index (χ0n) is 18.8. The number of carbonyl (C=O) groups excluding carboxylic acids is 1. The van der Waals surface area contributed by atoms with Crippen LogP contribution in [-0.4, -0.2) is 39.5 Å². The highest BCUT2D eigenvalue weighted by Gasteiger charge is 2.18. The number of rotatable bonds is 8. The van der Waals surface area contributed by atoms with Crippen LogP contribution >= 0.6 is 0 Å². The molecule has 0 aliphatic carbocycles. The quantitative estimate of drug-likeness (QED) is 0.360. The van der Waals surface area contributed by atoms with Gasteiger partial charge in [0.2, 0.25) is 5.76 Å². The molecule has 0 spiro atoms. The minimum atomic E-state index is -0.750. The van der Waals surface area contributed by atoms with Gasteiger partial charge < -0.3 is 27.8 Å². The summed E-state index contributed by atoms with van der Waals surface area (Å²) in [5.74, 6) is 0.200. The van der Waals surface area contributed by atoms with E-state index in [1.165, 1.54) is 20.3 Å². The fourth-order valence-electron chi connectivity index (χ4n) is 3.47. The van der Waals surface area contributed by atoms with Crippen LogP contribution in [0.25, 0.3) is 21.9 Å². The molecule has 2 aromatic heterocycles. The van der Waals surface area contributed by atoms with Gasteiger partial charge in [0.1, 0.15) is 58.5 Å². The van der Waals surface area contributed by atoms with Crippen molar-refractivity contribution < 1.29 is 32.6 Å². The van der Waals surface area contributed by atoms with E-state index in [0.29, 0.717) is 22.5 Å². The van der Waals surface area contributed by atoms with Crippen LogP contribution in [-0.2, 0) is 9.47 Å². The summed E-state index contributed by atoms with van der Waals surface area (Å²) in [4.78, 5) is 36.7. The molecule has 9 heteroatoms. The molecule has 0 radical (unpaired) electrons. The molecule has 1 atom stereocenters. The van der Waals surface area contributed by atoms with E-state index < -0.39 is 17.5 Å². The van der Waals surface area contributed by atoms with Gasteiger partial charge in [-0.05, 0) is 31.2 Å². The number of aryl methyl sites for hydroxylation is 1. The Bertz CT molecular complexity index is 1470. The highest BCUT2D eigenvalue weighted by Crippen LogP contribution is 2.25. The first-order chi connectivity index (χ1) is 16.4. The molecule has 2 aromatic carbocycles. The molecule has 0 N–H and O–H groups in total. The normalized spacial score (nSPS) is 12.0. The van der Waals surface area contributed by atoms with Crippen molar-refractivity contribution in [1.29, 1.82) is 0 Å². The number of ether oxygens (including phenoxy) is 4. The lowest BCUT2D eigenvalue weighted by Gasteiger charge is -2.18. The van der Waals surface area contributed by atoms with Gasteiger partial charge in [-0.3, -0.25) is 9.59 Å². The summed E-state index contributed by atoms with van der Waals surface area (Å²) in [7, 11) is 2.70. The molecular formula is C25H22O9. The van der Waals surface area contributed by atoms with Gasteiger partial charge in [-0.1, -0.05) is 12.1 Å². The smallest absolute Gasteiger partial charge is 0.374 e. The number of benzene rings is 2. The first kappa shape index (κ1) is 23.1. The number of esters is 1. The van der Waals surface area contributed by atoms with Crippen LogP contribution < -0.4 is 20.3 Å². The van der Waals surface area contributed by atoms with Gasteiger partial charge in [0, 0.05) is 19.2 Å². The third-order valence-corrected chi connectivity index (χ3v) is 5.13. The van der Waals surface area contributed by atoms with Gasteiger partial charge >= 0.3 is 5.97 Å². The van der Waals surface area contributed by atoms with Crippen LogP contribution in [0.1, 0.15) is 16.3 Å². The number of fused-ring (bicyclic) bond motifs is 2. The highest BCUT2D eigenvalue weighted by atomic mass is 16.6. The van der Waals surface area contributed by atoms with Gasteiger partial charge in [0.15, 0.2) is 10.9 Å². The Balaban J connectivity index is 1.51. The molecule has 0 aliphatic heterocycles. The maximum atomic E-state index is 12.6. The van der Waals surface area contributed by atoms with Gasteiger partial charge in [-0.2, -0.15) is 0 Å². The predicted molar refractivity (Wildman–Crippen MR) is 123 cm³/mol. The molecule has 176 valence electrons. The maximum Gasteiger partial charge on any atom is 0.374 e. The monoisotopic (exact) mass is 466 g/mol. The fraction of sp³-hybridized carbons (Fsp3) is 0.240. The zero-order chi connectivity index (χ0) is 24.2. The molecule has 0 fully saturated rings. The Hall–Kier alpha value is -4.11. The second-order valence-electron chi connectivity index (χ2n) is 7.43. The van der Waals surface area contributed by atoms with Crippen molar-refractivity contribution in [3.63, 3.8) is 0 Å². The molecule has 34 heavy (non-hydrogen) atoms. The van der Waals surface area contributed by atoms with E-state index in [-0.39, 0.29) is 41.1 Å². The molecule has 0 aliphatic rings. The predicted octanol–water partition coefficient (Wildman–Crippen LogP) is 3.47. The average molecular weight is 466 g/mol. The lowest BCUT2D eigenvalue weighted by molar-refractivity contribution is 0.0245. The van der Waals surface area contributed by atoms with Crippen molar-refractivity contribution in [3.8, 4) is 11.5 Å². The standard InChI is InChI=1S/C25H22O9/c1-14-10-16(26)23-18(6-4-8-20(23)33-14)31-12-15(29-2)13-32-19-7-5-9-21-24(19)17(27)11-22(34-21)25(28)30-3/h4-11,15H,12-13H2,1-3H3. The summed E-state index contributed by atoms with van der Waals surface area (Å²) in [6.45, 7) is 1.83. The third kappa shape index (κ3) is 4.65. The lowest BCUT2D eigenvalue weighted by Crippen LogP contribution is -2.28. The Labute approximate surface area is 193 Å². The first-order valence-corrected chi connectivity index (χ1v) is 10.4. The van der Waals surface area contributed by atoms with Crippen molar-refractivity contribution in [1.82, 2.24) is 0 Å². The van der Waals surface area contributed by atoms with E-state index in [1.54, 1.807) is 43.3 Å². The largest absolute Gasteiger partial charge is 0.490 e. The second kappa shape index (κ2) is 9.80. The molecular weight excluding hydrogens is 444 g/mol.